The van der Waals surface area contributed by atoms with Gasteiger partial charge in [-0.15, -0.1) is 0 Å². The number of aromatic amines is 1. The third-order valence-electron chi connectivity index (χ3n) is 4.14. The number of rotatable bonds is 5. The number of carbonyl (C=O) groups is 1. The van der Waals surface area contributed by atoms with Crippen LogP contribution in [0.25, 0.3) is 10.9 Å². The number of benzene rings is 2. The van der Waals surface area contributed by atoms with Gasteiger partial charge in [-0.1, -0.05) is 23.2 Å². The number of nitrogens with zero attached hydrogens (tertiary/aromatic N) is 1. The van der Waals surface area contributed by atoms with Crippen LogP contribution in [0.1, 0.15) is 10.5 Å². The van der Waals surface area contributed by atoms with Crippen LogP contribution in [0.3, 0.4) is 0 Å². The van der Waals surface area contributed by atoms with Gasteiger partial charge in [0.25, 0.3) is 15.9 Å². The summed E-state index contributed by atoms with van der Waals surface area (Å²) in [7, 11) is -4.03. The number of ether oxygens (including phenoxy) is 1. The van der Waals surface area contributed by atoms with Crippen molar-refractivity contribution in [1.29, 1.82) is 0 Å². The Bertz CT molecular complexity index is 1360. The molecule has 0 fully saturated rings. The molecule has 7 nitrogen and oxygen atoms in total. The molecule has 0 aliphatic heterocycles. The first-order valence-corrected chi connectivity index (χ1v) is 10.8. The van der Waals surface area contributed by atoms with Gasteiger partial charge < -0.3 is 9.72 Å². The van der Waals surface area contributed by atoms with Crippen LogP contribution < -0.4 is 9.46 Å². The number of halogens is 2. The molecule has 30 heavy (non-hydrogen) atoms. The zero-order chi connectivity index (χ0) is 21.3. The quantitative estimate of drug-likeness (QED) is 0.445. The summed E-state index contributed by atoms with van der Waals surface area (Å²) in [6, 6.07) is 14.4. The van der Waals surface area contributed by atoms with Crippen LogP contribution in [-0.2, 0) is 10.0 Å². The Kier molecular flexibility index (Phi) is 5.38. The van der Waals surface area contributed by atoms with E-state index in [9.17, 15) is 13.2 Å². The number of amides is 1. The first-order chi connectivity index (χ1) is 14.3. The number of sulfonamides is 1. The van der Waals surface area contributed by atoms with Crippen LogP contribution in [0.2, 0.25) is 10.0 Å². The lowest BCUT2D eigenvalue weighted by atomic mass is 10.2. The van der Waals surface area contributed by atoms with Gasteiger partial charge in [-0.05, 0) is 48.5 Å². The second-order valence-electron chi connectivity index (χ2n) is 6.23. The second kappa shape index (κ2) is 7.98. The maximum absolute atomic E-state index is 12.4. The summed E-state index contributed by atoms with van der Waals surface area (Å²) in [5.74, 6) is 0.219. The van der Waals surface area contributed by atoms with Gasteiger partial charge in [0.15, 0.2) is 0 Å². The van der Waals surface area contributed by atoms with E-state index in [-0.39, 0.29) is 10.6 Å². The van der Waals surface area contributed by atoms with Crippen molar-refractivity contribution in [2.45, 2.75) is 4.90 Å². The minimum atomic E-state index is -4.03. The lowest BCUT2D eigenvalue weighted by Crippen LogP contribution is -2.30. The van der Waals surface area contributed by atoms with Crippen molar-refractivity contribution in [2.24, 2.45) is 0 Å². The topological polar surface area (TPSA) is 101 Å². The van der Waals surface area contributed by atoms with Crippen LogP contribution in [0, 0.1) is 0 Å². The SMILES string of the molecule is O=C(NS(=O)(=O)c1cccnc1)c1cc2cc(Oc3ccc(Cl)c(Cl)c3)ccc2[nH]1. The molecule has 0 spiro atoms. The third kappa shape index (κ3) is 4.25. The molecular formula is C20H13Cl2N3O4S. The van der Waals surface area contributed by atoms with Gasteiger partial charge in [0, 0.05) is 29.4 Å². The monoisotopic (exact) mass is 461 g/mol. The number of carbonyl (C=O) groups excluding carboxylic acids is 1. The standard InChI is InChI=1S/C20H13Cl2N3O4S/c21-16-5-3-14(10-17(16)22)29-13-4-6-18-12(8-13)9-19(24-18)20(26)25-30(27,28)15-2-1-7-23-11-15/h1-11,24H,(H,25,26). The number of hydrogen-bond acceptors (Lipinski definition) is 5. The molecule has 152 valence electrons. The number of nitrogens with one attached hydrogen (secondary N) is 2. The summed E-state index contributed by atoms with van der Waals surface area (Å²) in [6.45, 7) is 0. The smallest absolute Gasteiger partial charge is 0.281 e. The molecule has 4 rings (SSSR count). The summed E-state index contributed by atoms with van der Waals surface area (Å²) >= 11 is 11.9. The van der Waals surface area contributed by atoms with Crippen LogP contribution >= 0.6 is 23.2 Å². The van der Waals surface area contributed by atoms with Gasteiger partial charge in [0.2, 0.25) is 0 Å². The van der Waals surface area contributed by atoms with E-state index in [1.54, 1.807) is 36.4 Å². The summed E-state index contributed by atoms with van der Waals surface area (Å²) in [6.07, 6.45) is 2.60. The predicted molar refractivity (Wildman–Crippen MR) is 114 cm³/mol. The average Bonchev–Trinajstić information content (AvgIpc) is 3.15. The average molecular weight is 462 g/mol. The fourth-order valence-corrected chi connectivity index (χ4v) is 3.93. The molecule has 2 aromatic heterocycles. The van der Waals surface area contributed by atoms with E-state index in [1.807, 2.05) is 4.72 Å². The van der Waals surface area contributed by atoms with Gasteiger partial charge in [0.05, 0.1) is 10.0 Å². The molecule has 0 aliphatic rings. The molecule has 2 N–H and O–H groups in total. The third-order valence-corrected chi connectivity index (χ3v) is 6.19. The van der Waals surface area contributed by atoms with E-state index >= 15 is 0 Å². The number of hydrogen-bond donors (Lipinski definition) is 2. The normalized spacial score (nSPS) is 11.4. The predicted octanol–water partition coefficient (Wildman–Crippen LogP) is 4.78. The molecule has 0 radical (unpaired) electrons. The number of aromatic nitrogens is 2. The summed E-state index contributed by atoms with van der Waals surface area (Å²) in [5.41, 5.74) is 0.726. The van der Waals surface area contributed by atoms with Crippen LogP contribution in [0.15, 0.2) is 71.9 Å². The Morgan fingerprint density at radius 2 is 1.77 bits per heavy atom. The highest BCUT2D eigenvalue weighted by molar-refractivity contribution is 7.90. The molecule has 1 amide bonds. The van der Waals surface area contributed by atoms with E-state index in [1.165, 1.54) is 24.4 Å². The van der Waals surface area contributed by atoms with Crippen molar-refractivity contribution in [3.8, 4) is 11.5 Å². The zero-order valence-corrected chi connectivity index (χ0v) is 17.4. The zero-order valence-electron chi connectivity index (χ0n) is 15.1. The minimum Gasteiger partial charge on any atom is -0.457 e. The molecule has 0 atom stereocenters. The number of H-pyrrole nitrogens is 1. The minimum absolute atomic E-state index is 0.0872. The molecule has 0 saturated heterocycles. The van der Waals surface area contributed by atoms with Gasteiger partial charge >= 0.3 is 0 Å². The lowest BCUT2D eigenvalue weighted by molar-refractivity contribution is 0.0977. The molecule has 0 aliphatic carbocycles. The van der Waals surface area contributed by atoms with Crippen molar-refractivity contribution >= 4 is 50.0 Å². The lowest BCUT2D eigenvalue weighted by Gasteiger charge is -2.06. The van der Waals surface area contributed by atoms with E-state index < -0.39 is 15.9 Å². The molecule has 4 aromatic rings. The van der Waals surface area contributed by atoms with E-state index in [4.69, 9.17) is 27.9 Å². The molecule has 10 heteroatoms. The highest BCUT2D eigenvalue weighted by Gasteiger charge is 2.20. The fourth-order valence-electron chi connectivity index (χ4n) is 2.71. The Morgan fingerprint density at radius 3 is 2.50 bits per heavy atom. The van der Waals surface area contributed by atoms with Gasteiger partial charge in [-0.2, -0.15) is 0 Å². The maximum Gasteiger partial charge on any atom is 0.281 e. The Hall–Kier alpha value is -3.07. The van der Waals surface area contributed by atoms with Crippen LogP contribution in [0.5, 0.6) is 11.5 Å². The maximum atomic E-state index is 12.4. The van der Waals surface area contributed by atoms with Gasteiger partial charge in [-0.25, -0.2) is 13.1 Å². The molecule has 0 unspecified atom stereocenters. The first-order valence-electron chi connectivity index (χ1n) is 8.55. The van der Waals surface area contributed by atoms with Crippen molar-refractivity contribution in [3.05, 3.63) is 82.7 Å². The Balaban J connectivity index is 1.56. The van der Waals surface area contributed by atoms with E-state index in [0.29, 0.717) is 32.4 Å². The number of pyridine rings is 1. The largest absolute Gasteiger partial charge is 0.457 e. The van der Waals surface area contributed by atoms with Gasteiger partial charge in [0.1, 0.15) is 22.1 Å². The molecule has 2 aromatic carbocycles. The molecule has 2 heterocycles. The van der Waals surface area contributed by atoms with E-state index in [0.717, 1.165) is 6.20 Å². The van der Waals surface area contributed by atoms with Crippen molar-refractivity contribution in [1.82, 2.24) is 14.7 Å². The first kappa shape index (κ1) is 20.2. The van der Waals surface area contributed by atoms with Crippen molar-refractivity contribution in [3.63, 3.8) is 0 Å². The van der Waals surface area contributed by atoms with Crippen LogP contribution in [-0.4, -0.2) is 24.3 Å². The van der Waals surface area contributed by atoms with E-state index in [2.05, 4.69) is 9.97 Å². The summed E-state index contributed by atoms with van der Waals surface area (Å²) in [5, 5.41) is 1.45. The van der Waals surface area contributed by atoms with Crippen molar-refractivity contribution in [2.75, 3.05) is 0 Å². The molecular weight excluding hydrogens is 449 g/mol. The second-order valence-corrected chi connectivity index (χ2v) is 8.73. The molecule has 0 saturated carbocycles. The number of fused-ring (bicyclic) bond motifs is 1. The van der Waals surface area contributed by atoms with Crippen LogP contribution in [0.4, 0.5) is 0 Å². The highest BCUT2D eigenvalue weighted by Crippen LogP contribution is 2.31. The fraction of sp³-hybridized carbons (Fsp3) is 0. The Morgan fingerprint density at radius 1 is 1.00 bits per heavy atom. The Labute approximate surface area is 181 Å². The van der Waals surface area contributed by atoms with Gasteiger partial charge in [-0.3, -0.25) is 9.78 Å². The summed E-state index contributed by atoms with van der Waals surface area (Å²) in [4.78, 5) is 19.0. The van der Waals surface area contributed by atoms with Crippen molar-refractivity contribution < 1.29 is 17.9 Å². The highest BCUT2D eigenvalue weighted by atomic mass is 35.5. The summed E-state index contributed by atoms with van der Waals surface area (Å²) < 4.78 is 32.4. The molecule has 0 bridgehead atoms.